The molecule has 2 rings (SSSR count). The summed E-state index contributed by atoms with van der Waals surface area (Å²) in [6.07, 6.45) is 3.55. The van der Waals surface area contributed by atoms with Gasteiger partial charge in [-0.3, -0.25) is 9.48 Å². The van der Waals surface area contributed by atoms with E-state index in [4.69, 9.17) is 16.9 Å². The van der Waals surface area contributed by atoms with Gasteiger partial charge in [0, 0.05) is 17.2 Å². The topological polar surface area (TPSA) is 70.7 Å². The van der Waals surface area contributed by atoms with E-state index >= 15 is 0 Å². The van der Waals surface area contributed by atoms with Crippen molar-refractivity contribution in [3.05, 3.63) is 41.0 Å². The highest BCUT2D eigenvalue weighted by molar-refractivity contribution is 7.98. The zero-order chi connectivity index (χ0) is 14.5. The van der Waals surface area contributed by atoms with Crippen molar-refractivity contribution in [2.75, 3.05) is 11.6 Å². The molecule has 102 valence electrons. The Morgan fingerprint density at radius 2 is 2.35 bits per heavy atom. The lowest BCUT2D eigenvalue weighted by molar-refractivity contribution is 0.102. The first-order chi connectivity index (χ1) is 9.63. The molecule has 0 saturated heterocycles. The summed E-state index contributed by atoms with van der Waals surface area (Å²) in [7, 11) is 0. The molecule has 1 aromatic heterocycles. The van der Waals surface area contributed by atoms with Crippen LogP contribution in [0, 0.1) is 11.3 Å². The summed E-state index contributed by atoms with van der Waals surface area (Å²) in [6.45, 7) is 0.137. The Bertz CT molecular complexity index is 677. The molecule has 0 unspecified atom stereocenters. The summed E-state index contributed by atoms with van der Waals surface area (Å²) in [4.78, 5) is 13.1. The maximum absolute atomic E-state index is 12.2. The molecule has 20 heavy (non-hydrogen) atoms. The molecule has 0 bridgehead atoms. The van der Waals surface area contributed by atoms with Gasteiger partial charge in [-0.2, -0.15) is 10.4 Å². The zero-order valence-electron chi connectivity index (χ0n) is 10.6. The minimum atomic E-state index is -0.326. The Balaban J connectivity index is 2.17. The number of amides is 1. The summed E-state index contributed by atoms with van der Waals surface area (Å²) in [5.41, 5.74) is 0.397. The average molecular weight is 307 g/mol. The molecule has 0 fully saturated rings. The first kappa shape index (κ1) is 14.4. The Morgan fingerprint density at radius 1 is 1.55 bits per heavy atom. The smallest absolute Gasteiger partial charge is 0.258 e. The highest BCUT2D eigenvalue weighted by Gasteiger charge is 2.12. The molecule has 7 heteroatoms. The van der Waals surface area contributed by atoms with Crippen LogP contribution < -0.4 is 5.32 Å². The molecule has 0 radical (unpaired) electrons. The number of benzene rings is 1. The molecule has 0 atom stereocenters. The van der Waals surface area contributed by atoms with E-state index < -0.39 is 0 Å². The van der Waals surface area contributed by atoms with Gasteiger partial charge in [0.25, 0.3) is 5.91 Å². The number of thioether (sulfide) groups is 1. The van der Waals surface area contributed by atoms with Crippen molar-refractivity contribution < 1.29 is 4.79 Å². The molecule has 1 aromatic carbocycles. The maximum atomic E-state index is 12.2. The van der Waals surface area contributed by atoms with E-state index in [1.165, 1.54) is 16.4 Å². The Labute approximate surface area is 125 Å². The van der Waals surface area contributed by atoms with E-state index in [0.717, 1.165) is 4.90 Å². The van der Waals surface area contributed by atoms with Crippen LogP contribution in [0.5, 0.6) is 0 Å². The molecular formula is C13H11ClN4OS. The highest BCUT2D eigenvalue weighted by atomic mass is 35.5. The van der Waals surface area contributed by atoms with Gasteiger partial charge in [-0.1, -0.05) is 11.6 Å². The van der Waals surface area contributed by atoms with Gasteiger partial charge in [-0.15, -0.1) is 11.8 Å². The van der Waals surface area contributed by atoms with Crippen LogP contribution in [0.2, 0.25) is 5.02 Å². The van der Waals surface area contributed by atoms with E-state index in [2.05, 4.69) is 10.4 Å². The Morgan fingerprint density at radius 3 is 3.05 bits per heavy atom. The normalized spacial score (nSPS) is 10.1. The van der Waals surface area contributed by atoms with Gasteiger partial charge in [-0.25, -0.2) is 0 Å². The third-order valence-corrected chi connectivity index (χ3v) is 3.59. The molecule has 0 aliphatic rings. The third-order valence-electron chi connectivity index (χ3n) is 2.53. The summed E-state index contributed by atoms with van der Waals surface area (Å²) in [5.74, 6) is 0.0592. The van der Waals surface area contributed by atoms with Gasteiger partial charge in [0.1, 0.15) is 6.54 Å². The van der Waals surface area contributed by atoms with Gasteiger partial charge in [0.2, 0.25) is 0 Å². The fraction of sp³-hybridized carbons (Fsp3) is 0.154. The number of aromatic nitrogens is 2. The fourth-order valence-electron chi connectivity index (χ4n) is 1.58. The lowest BCUT2D eigenvalue weighted by atomic mass is 10.2. The second-order valence-corrected chi connectivity index (χ2v) is 5.14. The molecule has 0 aliphatic heterocycles. The molecule has 0 saturated carbocycles. The van der Waals surface area contributed by atoms with Crippen molar-refractivity contribution in [1.29, 1.82) is 5.26 Å². The standard InChI is InChI=1S/C13H11ClN4OS/c1-20-9-2-3-11(14)10(8-9)13(19)16-12-4-6-18(17-12)7-5-15/h2-4,6,8H,7H2,1H3,(H,16,17,19). The van der Waals surface area contributed by atoms with E-state index in [0.29, 0.717) is 16.4 Å². The average Bonchev–Trinajstić information content (AvgIpc) is 2.87. The number of hydrogen-bond donors (Lipinski definition) is 1. The SMILES string of the molecule is CSc1ccc(Cl)c(C(=O)Nc2ccn(CC#N)n2)c1. The van der Waals surface area contributed by atoms with E-state index in [1.54, 1.807) is 24.4 Å². The van der Waals surface area contributed by atoms with Gasteiger partial charge < -0.3 is 5.32 Å². The van der Waals surface area contributed by atoms with E-state index in [-0.39, 0.29) is 12.5 Å². The van der Waals surface area contributed by atoms with Crippen LogP contribution in [0.25, 0.3) is 0 Å². The van der Waals surface area contributed by atoms with Crippen LogP contribution in [-0.2, 0) is 6.54 Å². The van der Waals surface area contributed by atoms with Crippen LogP contribution in [0.1, 0.15) is 10.4 Å². The van der Waals surface area contributed by atoms with Crippen LogP contribution in [0.4, 0.5) is 5.82 Å². The lowest BCUT2D eigenvalue weighted by Crippen LogP contribution is -2.13. The molecule has 1 N–H and O–H groups in total. The summed E-state index contributed by atoms with van der Waals surface area (Å²) >= 11 is 7.56. The van der Waals surface area contributed by atoms with Gasteiger partial charge in [0.15, 0.2) is 5.82 Å². The molecule has 5 nitrogen and oxygen atoms in total. The summed E-state index contributed by atoms with van der Waals surface area (Å²) in [6, 6.07) is 8.87. The lowest BCUT2D eigenvalue weighted by Gasteiger charge is -2.06. The summed E-state index contributed by atoms with van der Waals surface area (Å²) < 4.78 is 1.44. The van der Waals surface area contributed by atoms with Crippen molar-refractivity contribution in [3.8, 4) is 6.07 Å². The first-order valence-electron chi connectivity index (χ1n) is 5.69. The first-order valence-corrected chi connectivity index (χ1v) is 7.29. The van der Waals surface area contributed by atoms with Crippen molar-refractivity contribution in [1.82, 2.24) is 9.78 Å². The van der Waals surface area contributed by atoms with Crippen molar-refractivity contribution >= 4 is 35.1 Å². The van der Waals surface area contributed by atoms with Gasteiger partial charge >= 0.3 is 0 Å². The molecule has 1 amide bonds. The second-order valence-electron chi connectivity index (χ2n) is 3.86. The number of nitrogens with one attached hydrogen (secondary N) is 1. The van der Waals surface area contributed by atoms with Crippen molar-refractivity contribution in [2.45, 2.75) is 11.4 Å². The van der Waals surface area contributed by atoms with E-state index in [1.807, 2.05) is 18.4 Å². The predicted octanol–water partition coefficient (Wildman–Crippen LogP) is 3.03. The predicted molar refractivity (Wildman–Crippen MR) is 79.0 cm³/mol. The fourth-order valence-corrected chi connectivity index (χ4v) is 2.22. The number of rotatable bonds is 4. The monoisotopic (exact) mass is 306 g/mol. The Hall–Kier alpha value is -1.97. The van der Waals surface area contributed by atoms with Gasteiger partial charge in [0.05, 0.1) is 16.7 Å². The maximum Gasteiger partial charge on any atom is 0.258 e. The van der Waals surface area contributed by atoms with Crippen molar-refractivity contribution in [3.63, 3.8) is 0 Å². The zero-order valence-corrected chi connectivity index (χ0v) is 12.2. The third kappa shape index (κ3) is 3.32. The Kier molecular flexibility index (Phi) is 4.66. The number of carbonyl (C=O) groups is 1. The number of anilines is 1. The van der Waals surface area contributed by atoms with Crippen LogP contribution >= 0.6 is 23.4 Å². The molecule has 0 aliphatic carbocycles. The van der Waals surface area contributed by atoms with Crippen LogP contribution in [0.15, 0.2) is 35.4 Å². The minimum Gasteiger partial charge on any atom is -0.305 e. The number of nitriles is 1. The largest absolute Gasteiger partial charge is 0.305 e. The number of hydrogen-bond acceptors (Lipinski definition) is 4. The quantitative estimate of drug-likeness (QED) is 0.881. The van der Waals surface area contributed by atoms with Gasteiger partial charge in [-0.05, 0) is 24.5 Å². The number of nitrogens with zero attached hydrogens (tertiary/aromatic N) is 3. The molecular weight excluding hydrogens is 296 g/mol. The second kappa shape index (κ2) is 6.46. The highest BCUT2D eigenvalue weighted by Crippen LogP contribution is 2.23. The molecule has 1 heterocycles. The van der Waals surface area contributed by atoms with Crippen LogP contribution in [-0.4, -0.2) is 21.9 Å². The number of halogens is 1. The molecule has 0 spiro atoms. The van der Waals surface area contributed by atoms with Crippen molar-refractivity contribution in [2.24, 2.45) is 0 Å². The molecule has 2 aromatic rings. The minimum absolute atomic E-state index is 0.137. The van der Waals surface area contributed by atoms with E-state index in [9.17, 15) is 4.79 Å². The summed E-state index contributed by atoms with van der Waals surface area (Å²) in [5, 5.41) is 15.7. The van der Waals surface area contributed by atoms with Crippen LogP contribution in [0.3, 0.4) is 0 Å². The number of carbonyl (C=O) groups excluding carboxylic acids is 1.